The minimum absolute atomic E-state index is 0.185. The van der Waals surface area contributed by atoms with Gasteiger partial charge in [-0.1, -0.05) is 12.1 Å². The third-order valence-corrected chi connectivity index (χ3v) is 4.01. The molecule has 1 aliphatic rings. The van der Waals surface area contributed by atoms with Crippen LogP contribution in [-0.2, 0) is 6.54 Å². The SMILES string of the molecule is COc1ccc(CN2CCOc3ccc(C(=O)NO)cc3C2=O)cc1. The van der Waals surface area contributed by atoms with Gasteiger partial charge in [-0.2, -0.15) is 0 Å². The van der Waals surface area contributed by atoms with Crippen LogP contribution in [0.5, 0.6) is 11.5 Å². The molecule has 2 aromatic carbocycles. The molecule has 0 bridgehead atoms. The second-order valence-electron chi connectivity index (χ2n) is 5.58. The highest BCUT2D eigenvalue weighted by Gasteiger charge is 2.25. The van der Waals surface area contributed by atoms with E-state index in [9.17, 15) is 9.59 Å². The minimum atomic E-state index is -0.679. The van der Waals surface area contributed by atoms with E-state index in [0.29, 0.717) is 31.0 Å². The number of carbonyl (C=O) groups excluding carboxylic acids is 2. The Kier molecular flexibility index (Phi) is 4.85. The second-order valence-corrected chi connectivity index (χ2v) is 5.58. The van der Waals surface area contributed by atoms with Gasteiger partial charge in [-0.15, -0.1) is 0 Å². The average Bonchev–Trinajstić information content (AvgIpc) is 2.81. The van der Waals surface area contributed by atoms with Crippen LogP contribution in [0.1, 0.15) is 26.3 Å². The van der Waals surface area contributed by atoms with Gasteiger partial charge < -0.3 is 14.4 Å². The smallest absolute Gasteiger partial charge is 0.274 e. The zero-order chi connectivity index (χ0) is 17.8. The average molecular weight is 342 g/mol. The molecule has 0 saturated carbocycles. The van der Waals surface area contributed by atoms with E-state index in [-0.39, 0.29) is 11.5 Å². The molecule has 2 aromatic rings. The highest BCUT2D eigenvalue weighted by molar-refractivity contribution is 6.01. The molecule has 0 aliphatic carbocycles. The lowest BCUT2D eigenvalue weighted by Crippen LogP contribution is -2.32. The van der Waals surface area contributed by atoms with E-state index in [1.54, 1.807) is 23.6 Å². The maximum atomic E-state index is 12.9. The van der Waals surface area contributed by atoms with Gasteiger partial charge in [0.25, 0.3) is 11.8 Å². The molecule has 2 N–H and O–H groups in total. The van der Waals surface area contributed by atoms with Crippen LogP contribution >= 0.6 is 0 Å². The van der Waals surface area contributed by atoms with E-state index < -0.39 is 5.91 Å². The zero-order valence-electron chi connectivity index (χ0n) is 13.7. The summed E-state index contributed by atoms with van der Waals surface area (Å²) in [4.78, 5) is 26.1. The van der Waals surface area contributed by atoms with Gasteiger partial charge in [0.1, 0.15) is 18.1 Å². The van der Waals surface area contributed by atoms with E-state index in [2.05, 4.69) is 0 Å². The molecule has 0 saturated heterocycles. The van der Waals surface area contributed by atoms with E-state index in [4.69, 9.17) is 14.7 Å². The van der Waals surface area contributed by atoms with Crippen LogP contribution < -0.4 is 15.0 Å². The monoisotopic (exact) mass is 342 g/mol. The summed E-state index contributed by atoms with van der Waals surface area (Å²) in [6.07, 6.45) is 0. The molecule has 0 aromatic heterocycles. The van der Waals surface area contributed by atoms with Gasteiger partial charge in [0, 0.05) is 12.1 Å². The van der Waals surface area contributed by atoms with Gasteiger partial charge in [-0.3, -0.25) is 14.8 Å². The summed E-state index contributed by atoms with van der Waals surface area (Å²) in [6.45, 7) is 1.21. The Hall–Kier alpha value is -3.06. The van der Waals surface area contributed by atoms with Crippen LogP contribution in [0.15, 0.2) is 42.5 Å². The third-order valence-electron chi connectivity index (χ3n) is 4.01. The number of fused-ring (bicyclic) bond motifs is 1. The fraction of sp³-hybridized carbons (Fsp3) is 0.222. The number of hydrogen-bond acceptors (Lipinski definition) is 5. The molecule has 7 nitrogen and oxygen atoms in total. The second kappa shape index (κ2) is 7.23. The molecule has 0 atom stereocenters. The number of amides is 2. The van der Waals surface area contributed by atoms with E-state index >= 15 is 0 Å². The molecule has 0 radical (unpaired) electrons. The largest absolute Gasteiger partial charge is 0.497 e. The Morgan fingerprint density at radius 2 is 2.04 bits per heavy atom. The summed E-state index contributed by atoms with van der Waals surface area (Å²) >= 11 is 0. The van der Waals surface area contributed by atoms with Crippen molar-refractivity contribution in [3.63, 3.8) is 0 Å². The Balaban J connectivity index is 1.85. The Morgan fingerprint density at radius 1 is 1.28 bits per heavy atom. The molecule has 1 heterocycles. The predicted molar refractivity (Wildman–Crippen MR) is 88.9 cm³/mol. The summed E-state index contributed by atoms with van der Waals surface area (Å²) in [6, 6.07) is 12.0. The number of benzene rings is 2. The zero-order valence-corrected chi connectivity index (χ0v) is 13.7. The lowest BCUT2D eigenvalue weighted by molar-refractivity contribution is 0.0706. The highest BCUT2D eigenvalue weighted by atomic mass is 16.5. The molecule has 0 spiro atoms. The van der Waals surface area contributed by atoms with Crippen LogP contribution in [0.2, 0.25) is 0 Å². The quantitative estimate of drug-likeness (QED) is 0.654. The van der Waals surface area contributed by atoms with Crippen LogP contribution in [0.4, 0.5) is 0 Å². The van der Waals surface area contributed by atoms with Crippen molar-refractivity contribution in [2.24, 2.45) is 0 Å². The van der Waals surface area contributed by atoms with Crippen LogP contribution in [0.25, 0.3) is 0 Å². The fourth-order valence-corrected chi connectivity index (χ4v) is 2.67. The summed E-state index contributed by atoms with van der Waals surface area (Å²) in [5, 5.41) is 8.77. The number of ether oxygens (including phenoxy) is 2. The Bertz CT molecular complexity index is 789. The molecule has 1 aliphatic heterocycles. The number of nitrogens with one attached hydrogen (secondary N) is 1. The first-order chi connectivity index (χ1) is 12.1. The number of carbonyl (C=O) groups is 2. The fourth-order valence-electron chi connectivity index (χ4n) is 2.67. The first-order valence-corrected chi connectivity index (χ1v) is 7.76. The molecule has 7 heteroatoms. The first kappa shape index (κ1) is 16.8. The van der Waals surface area contributed by atoms with Crippen molar-refractivity contribution < 1.29 is 24.3 Å². The van der Waals surface area contributed by atoms with E-state index in [1.807, 2.05) is 24.3 Å². The first-order valence-electron chi connectivity index (χ1n) is 7.76. The van der Waals surface area contributed by atoms with Crippen molar-refractivity contribution in [1.29, 1.82) is 0 Å². The van der Waals surface area contributed by atoms with Crippen molar-refractivity contribution in [2.75, 3.05) is 20.3 Å². The molecule has 2 amide bonds. The molecule has 3 rings (SSSR count). The summed E-state index contributed by atoms with van der Waals surface area (Å²) in [5.74, 6) is 0.272. The molecule has 25 heavy (non-hydrogen) atoms. The molecule has 0 fully saturated rings. The van der Waals surface area contributed by atoms with E-state index in [1.165, 1.54) is 12.1 Å². The van der Waals surface area contributed by atoms with Crippen molar-refractivity contribution >= 4 is 11.8 Å². The number of hydroxylamine groups is 1. The summed E-state index contributed by atoms with van der Waals surface area (Å²) < 4.78 is 10.7. The Labute approximate surface area is 144 Å². The maximum absolute atomic E-state index is 12.9. The van der Waals surface area contributed by atoms with Gasteiger partial charge in [0.15, 0.2) is 0 Å². The highest BCUT2D eigenvalue weighted by Crippen LogP contribution is 2.25. The van der Waals surface area contributed by atoms with Crippen molar-refractivity contribution in [3.05, 3.63) is 59.2 Å². The number of hydrogen-bond donors (Lipinski definition) is 2. The topological polar surface area (TPSA) is 88.1 Å². The van der Waals surface area contributed by atoms with Crippen LogP contribution in [-0.4, -0.2) is 42.2 Å². The number of nitrogens with zero attached hydrogens (tertiary/aromatic N) is 1. The van der Waals surface area contributed by atoms with Gasteiger partial charge in [0.05, 0.1) is 19.2 Å². The Morgan fingerprint density at radius 3 is 2.72 bits per heavy atom. The molecule has 130 valence electrons. The third kappa shape index (κ3) is 3.56. The number of methoxy groups -OCH3 is 1. The molecule has 0 unspecified atom stereocenters. The maximum Gasteiger partial charge on any atom is 0.274 e. The summed E-state index contributed by atoms with van der Waals surface area (Å²) in [7, 11) is 1.60. The van der Waals surface area contributed by atoms with Crippen LogP contribution in [0.3, 0.4) is 0 Å². The van der Waals surface area contributed by atoms with Crippen molar-refractivity contribution in [3.8, 4) is 11.5 Å². The molecular formula is C18H18N2O5. The number of rotatable bonds is 4. The van der Waals surface area contributed by atoms with Crippen molar-refractivity contribution in [2.45, 2.75) is 6.54 Å². The van der Waals surface area contributed by atoms with Gasteiger partial charge in [-0.05, 0) is 35.9 Å². The van der Waals surface area contributed by atoms with Gasteiger partial charge in [-0.25, -0.2) is 5.48 Å². The standard InChI is InChI=1S/C18H18N2O5/c1-24-14-5-2-12(3-6-14)11-20-8-9-25-16-7-4-13(17(21)19-23)10-15(16)18(20)22/h2-7,10,23H,8-9,11H2,1H3,(H,19,21). The van der Waals surface area contributed by atoms with Crippen molar-refractivity contribution in [1.82, 2.24) is 10.4 Å². The minimum Gasteiger partial charge on any atom is -0.497 e. The van der Waals surface area contributed by atoms with Gasteiger partial charge >= 0.3 is 0 Å². The normalized spacial score (nSPS) is 13.5. The lowest BCUT2D eigenvalue weighted by atomic mass is 10.1. The van der Waals surface area contributed by atoms with Crippen LogP contribution in [0, 0.1) is 0 Å². The predicted octanol–water partition coefficient (Wildman–Crippen LogP) is 1.85. The lowest BCUT2D eigenvalue weighted by Gasteiger charge is -2.20. The molecular weight excluding hydrogens is 324 g/mol. The summed E-state index contributed by atoms with van der Waals surface area (Å²) in [5.41, 5.74) is 3.01. The van der Waals surface area contributed by atoms with E-state index in [0.717, 1.165) is 11.3 Å². The van der Waals surface area contributed by atoms with Gasteiger partial charge in [0.2, 0.25) is 0 Å².